The largest absolute Gasteiger partial charge is 0.496 e. The lowest BCUT2D eigenvalue weighted by molar-refractivity contribution is -0.122. The lowest BCUT2D eigenvalue weighted by Gasteiger charge is -2.21. The molecule has 8 nitrogen and oxygen atoms in total. The Morgan fingerprint density at radius 2 is 1.76 bits per heavy atom. The van der Waals surface area contributed by atoms with E-state index in [-0.39, 0.29) is 10.8 Å². The van der Waals surface area contributed by atoms with E-state index in [1.165, 1.54) is 20.3 Å². The van der Waals surface area contributed by atoms with Gasteiger partial charge in [-0.25, -0.2) is 18.1 Å². The molecule has 4 aromatic rings. The summed E-state index contributed by atoms with van der Waals surface area (Å²) in [5, 5.41) is 0.442. The number of nitrogens with one attached hydrogen (secondary N) is 1. The number of carbonyl (C=O) groups excluding carboxylic acids is 1. The van der Waals surface area contributed by atoms with Crippen molar-refractivity contribution in [1.82, 2.24) is 14.7 Å². The second kappa shape index (κ2) is 9.15. The number of fused-ring (bicyclic) bond motifs is 1. The fourth-order valence-corrected chi connectivity index (χ4v) is 6.19. The van der Waals surface area contributed by atoms with Crippen molar-refractivity contribution in [3.8, 4) is 11.6 Å². The van der Waals surface area contributed by atoms with E-state index in [9.17, 15) is 13.2 Å². The molecule has 37 heavy (non-hydrogen) atoms. The Bertz CT molecular complexity index is 1640. The maximum atomic E-state index is 14.0. The van der Waals surface area contributed by atoms with Crippen molar-refractivity contribution in [3.63, 3.8) is 0 Å². The van der Waals surface area contributed by atoms with Gasteiger partial charge in [-0.05, 0) is 56.7 Å². The monoisotopic (exact) mass is 517 g/mol. The molecule has 0 aliphatic heterocycles. The van der Waals surface area contributed by atoms with Crippen LogP contribution in [-0.4, -0.2) is 38.5 Å². The van der Waals surface area contributed by atoms with Crippen LogP contribution in [0, 0.1) is 13.8 Å². The van der Waals surface area contributed by atoms with E-state index in [1.54, 1.807) is 42.5 Å². The van der Waals surface area contributed by atoms with Gasteiger partial charge in [-0.1, -0.05) is 29.8 Å². The van der Waals surface area contributed by atoms with Gasteiger partial charge in [0.25, 0.3) is 10.0 Å². The van der Waals surface area contributed by atoms with Gasteiger partial charge >= 0.3 is 0 Å². The maximum Gasteiger partial charge on any atom is 0.264 e. The number of nitrogens with zero attached hydrogens (tertiary/aromatic N) is 2. The Kier molecular flexibility index (Phi) is 6.11. The SMILES string of the molecule is COc1cccc([C@@H]2C[C@]2(C(=O)NS(=O)(=O)c2cccc3nc(C)ccc23)c2cc(C)ccc2OC)n1. The smallest absolute Gasteiger partial charge is 0.264 e. The molecule has 1 saturated carbocycles. The van der Waals surface area contributed by atoms with Gasteiger partial charge in [-0.2, -0.15) is 0 Å². The molecule has 5 rings (SSSR count). The number of rotatable bonds is 7. The first-order valence-corrected chi connectivity index (χ1v) is 13.3. The number of pyridine rings is 2. The average Bonchev–Trinajstić information content (AvgIpc) is 3.65. The minimum Gasteiger partial charge on any atom is -0.496 e. The van der Waals surface area contributed by atoms with Gasteiger partial charge in [-0.15, -0.1) is 0 Å². The van der Waals surface area contributed by atoms with E-state index in [4.69, 9.17) is 9.47 Å². The topological polar surface area (TPSA) is 107 Å². The summed E-state index contributed by atoms with van der Waals surface area (Å²) < 4.78 is 40.4. The lowest BCUT2D eigenvalue weighted by Crippen LogP contribution is -2.40. The first-order valence-electron chi connectivity index (χ1n) is 11.8. The van der Waals surface area contributed by atoms with Gasteiger partial charge in [0, 0.05) is 34.3 Å². The van der Waals surface area contributed by atoms with Crippen LogP contribution in [-0.2, 0) is 20.2 Å². The summed E-state index contributed by atoms with van der Waals surface area (Å²) in [6, 6.07) is 19.2. The number of ether oxygens (including phenoxy) is 2. The minimum atomic E-state index is -4.22. The molecule has 1 N–H and O–H groups in total. The van der Waals surface area contributed by atoms with Gasteiger partial charge in [0.1, 0.15) is 5.75 Å². The first-order chi connectivity index (χ1) is 17.7. The summed E-state index contributed by atoms with van der Waals surface area (Å²) in [6.45, 7) is 3.75. The predicted molar refractivity (Wildman–Crippen MR) is 139 cm³/mol. The van der Waals surface area contributed by atoms with E-state index in [2.05, 4.69) is 14.7 Å². The van der Waals surface area contributed by atoms with Crippen molar-refractivity contribution in [3.05, 3.63) is 89.2 Å². The molecule has 0 bridgehead atoms. The number of sulfonamides is 1. The maximum absolute atomic E-state index is 14.0. The molecule has 1 amide bonds. The van der Waals surface area contributed by atoms with Crippen LogP contribution in [0.15, 0.2) is 71.6 Å². The van der Waals surface area contributed by atoms with Crippen LogP contribution in [0.1, 0.15) is 34.9 Å². The number of benzene rings is 2. The summed E-state index contributed by atoms with van der Waals surface area (Å²) in [5.74, 6) is -0.0807. The number of hydrogen-bond acceptors (Lipinski definition) is 7. The number of aryl methyl sites for hydroxylation is 2. The minimum absolute atomic E-state index is 0.00564. The first kappa shape index (κ1) is 24.7. The summed E-state index contributed by atoms with van der Waals surface area (Å²) in [7, 11) is -1.17. The standard InChI is InChI=1S/C28H27N3O5S/c1-17-11-14-24(35-3)20(15-17)28(16-21(28)23-8-6-10-26(30-23)36-4)27(32)31-37(33,34)25-9-5-7-22-19(25)13-12-18(2)29-22/h5-15,21H,16H2,1-4H3,(H,31,32)/t21-,28-/m0/s1. The Balaban J connectivity index is 1.60. The lowest BCUT2D eigenvalue weighted by atomic mass is 9.89. The number of hydrogen-bond donors (Lipinski definition) is 1. The Labute approximate surface area is 215 Å². The molecule has 2 aromatic heterocycles. The summed E-state index contributed by atoms with van der Waals surface area (Å²) in [4.78, 5) is 23.0. The zero-order chi connectivity index (χ0) is 26.4. The molecule has 2 heterocycles. The summed E-state index contributed by atoms with van der Waals surface area (Å²) in [5.41, 5.74) is 2.29. The van der Waals surface area contributed by atoms with Gasteiger partial charge in [0.2, 0.25) is 11.8 Å². The quantitative estimate of drug-likeness (QED) is 0.392. The molecule has 0 spiro atoms. The number of aromatic nitrogens is 2. The molecular weight excluding hydrogens is 490 g/mol. The van der Waals surface area contributed by atoms with Gasteiger partial charge < -0.3 is 9.47 Å². The van der Waals surface area contributed by atoms with Crippen LogP contribution in [0.2, 0.25) is 0 Å². The summed E-state index contributed by atoms with van der Waals surface area (Å²) in [6.07, 6.45) is 0.366. The molecule has 190 valence electrons. The van der Waals surface area contributed by atoms with Crippen LogP contribution in [0.25, 0.3) is 10.9 Å². The normalized spacial score (nSPS) is 18.9. The predicted octanol–water partition coefficient (Wildman–Crippen LogP) is 4.19. The van der Waals surface area contributed by atoms with Crippen molar-refractivity contribution >= 4 is 26.8 Å². The average molecular weight is 518 g/mol. The molecule has 0 unspecified atom stereocenters. The molecule has 0 radical (unpaired) electrons. The second-order valence-corrected chi connectivity index (χ2v) is 10.9. The van der Waals surface area contributed by atoms with Crippen molar-refractivity contribution in [2.75, 3.05) is 14.2 Å². The Hall–Kier alpha value is -3.98. The molecule has 9 heteroatoms. The van der Waals surface area contributed by atoms with Crippen LogP contribution in [0.5, 0.6) is 11.6 Å². The van der Waals surface area contributed by atoms with Crippen molar-refractivity contribution in [1.29, 1.82) is 0 Å². The fraction of sp³-hybridized carbons (Fsp3) is 0.250. The van der Waals surface area contributed by atoms with Crippen LogP contribution >= 0.6 is 0 Å². The molecule has 1 aliphatic rings. The molecule has 1 fully saturated rings. The highest BCUT2D eigenvalue weighted by Crippen LogP contribution is 2.62. The number of amides is 1. The number of methoxy groups -OCH3 is 2. The van der Waals surface area contributed by atoms with Crippen molar-refractivity contribution < 1.29 is 22.7 Å². The van der Waals surface area contributed by atoms with Crippen molar-refractivity contribution in [2.45, 2.75) is 36.5 Å². The fourth-order valence-electron chi connectivity index (χ4n) is 4.93. The Morgan fingerprint density at radius 3 is 2.51 bits per heavy atom. The van der Waals surface area contributed by atoms with Gasteiger partial charge in [0.15, 0.2) is 0 Å². The number of carbonyl (C=O) groups is 1. The zero-order valence-corrected chi connectivity index (χ0v) is 21.8. The third-order valence-electron chi connectivity index (χ3n) is 6.86. The van der Waals surface area contributed by atoms with Crippen LogP contribution in [0.3, 0.4) is 0 Å². The highest BCUT2D eigenvalue weighted by molar-refractivity contribution is 7.90. The molecule has 2 atom stereocenters. The van der Waals surface area contributed by atoms with Crippen LogP contribution < -0.4 is 14.2 Å². The molecule has 1 aliphatic carbocycles. The van der Waals surface area contributed by atoms with E-state index in [0.717, 1.165) is 11.3 Å². The molecule has 0 saturated heterocycles. The highest BCUT2D eigenvalue weighted by atomic mass is 32.2. The Morgan fingerprint density at radius 1 is 0.973 bits per heavy atom. The summed E-state index contributed by atoms with van der Waals surface area (Å²) >= 11 is 0. The molecular formula is C28H27N3O5S. The highest BCUT2D eigenvalue weighted by Gasteiger charge is 2.64. The third-order valence-corrected chi connectivity index (χ3v) is 8.25. The van der Waals surface area contributed by atoms with Gasteiger partial charge in [-0.3, -0.25) is 9.78 Å². The molecule has 2 aromatic carbocycles. The third kappa shape index (κ3) is 4.29. The zero-order valence-electron chi connectivity index (χ0n) is 21.0. The van der Waals surface area contributed by atoms with E-state index in [1.807, 2.05) is 32.0 Å². The second-order valence-electron chi connectivity index (χ2n) is 9.25. The van der Waals surface area contributed by atoms with E-state index in [0.29, 0.717) is 40.2 Å². The van der Waals surface area contributed by atoms with E-state index >= 15 is 0 Å². The van der Waals surface area contributed by atoms with Crippen LogP contribution in [0.4, 0.5) is 0 Å². The van der Waals surface area contributed by atoms with Crippen molar-refractivity contribution in [2.24, 2.45) is 0 Å². The van der Waals surface area contributed by atoms with Gasteiger partial charge in [0.05, 0.1) is 30.0 Å². The van der Waals surface area contributed by atoms with E-state index < -0.39 is 21.3 Å².